The summed E-state index contributed by atoms with van der Waals surface area (Å²) in [7, 11) is 34.4. The number of pyridine rings is 1. The predicted molar refractivity (Wildman–Crippen MR) is 141 cm³/mol. The van der Waals surface area contributed by atoms with Gasteiger partial charge in [0.05, 0.1) is 67.6 Å². The lowest BCUT2D eigenvalue weighted by atomic mass is 9.49. The molecule has 1 aliphatic heterocycles. The molecule has 0 saturated carbocycles. The van der Waals surface area contributed by atoms with Crippen molar-refractivity contribution in [1.29, 1.82) is 0 Å². The number of hydrogen-bond donors (Lipinski definition) is 4. The van der Waals surface area contributed by atoms with Crippen molar-refractivity contribution in [2.45, 2.75) is 10.6 Å². The van der Waals surface area contributed by atoms with Gasteiger partial charge in [-0.25, -0.2) is 9.78 Å². The molecule has 0 atom stereocenters. The summed E-state index contributed by atoms with van der Waals surface area (Å²) >= 11 is 0. The number of aromatic nitrogens is 4. The number of anilines is 4. The maximum atomic E-state index is 12.9. The van der Waals surface area contributed by atoms with Crippen LogP contribution < -0.4 is 26.2 Å². The summed E-state index contributed by atoms with van der Waals surface area (Å²) in [5.41, 5.74) is 3.07. The Morgan fingerprint density at radius 3 is 2.47 bits per heavy atom. The Bertz CT molecular complexity index is 1360. The average molecular weight is 470 g/mol. The third-order valence-corrected chi connectivity index (χ3v) is 5.49. The summed E-state index contributed by atoms with van der Waals surface area (Å²) in [6.07, 6.45) is 1.24. The number of carbonyl (C=O) groups is 2. The average Bonchev–Trinajstić information content (AvgIpc) is 3.19. The number of hydrogen-bond acceptors (Lipinski definition) is 7. The molecule has 0 saturated heterocycles. The van der Waals surface area contributed by atoms with Gasteiger partial charge in [0.25, 0.3) is 5.91 Å². The van der Waals surface area contributed by atoms with E-state index >= 15 is 0 Å². The van der Waals surface area contributed by atoms with E-state index in [0.717, 1.165) is 0 Å². The summed E-state index contributed by atoms with van der Waals surface area (Å²) in [5, 5.41) is 15.8. The summed E-state index contributed by atoms with van der Waals surface area (Å²) in [5.74, 6) is -0.542. The molecule has 11 nitrogen and oxygen atoms in total. The Morgan fingerprint density at radius 2 is 1.81 bits per heavy atom. The Morgan fingerprint density at radius 1 is 1.08 bits per heavy atom. The number of amides is 3. The number of fused-ring (bicyclic) bond motifs is 3. The molecule has 1 aromatic carbocycles. The van der Waals surface area contributed by atoms with Gasteiger partial charge in [-0.05, 0) is 6.07 Å². The lowest BCUT2D eigenvalue weighted by Gasteiger charge is -2.43. The molecule has 0 aliphatic carbocycles. The van der Waals surface area contributed by atoms with E-state index in [-0.39, 0.29) is 17.1 Å². The standard InChI is InChI=1S/C20H18B5N9O2/c1-26-18(36)29-13-7-12(10(8-27-13)17(35)30-20(23,24)25)28-11-6-4-5-9-14-16(32-34(3)31-14)19(21,22)33(2)15(9)11/h4-8H,1-3H3,(H,30,35)(H3,26,27,28,29,36). The van der Waals surface area contributed by atoms with Crippen molar-refractivity contribution in [3.63, 3.8) is 0 Å². The van der Waals surface area contributed by atoms with E-state index < -0.39 is 22.5 Å². The SMILES string of the molecule is [B]C([B])([B])NC(=O)c1cnc(NC(=O)NC)cc1Nc1cccc2c1N(C)C([B])([B])c1nn(C)nc1-2. The lowest BCUT2D eigenvalue weighted by Crippen LogP contribution is -2.50. The number of carbonyl (C=O) groups excluding carboxylic acids is 2. The zero-order chi connectivity index (χ0) is 26.4. The molecule has 4 N–H and O–H groups in total. The van der Waals surface area contributed by atoms with Crippen LogP contribution in [-0.4, -0.2) is 90.5 Å². The normalized spacial score (nSPS) is 13.8. The molecular weight excluding hydrogens is 452 g/mol. The molecule has 1 aliphatic rings. The fourth-order valence-electron chi connectivity index (χ4n) is 3.79. The van der Waals surface area contributed by atoms with Gasteiger partial charge < -0.3 is 20.9 Å². The number of rotatable bonds is 5. The van der Waals surface area contributed by atoms with Crippen LogP contribution in [0.1, 0.15) is 16.1 Å². The molecule has 3 aromatic rings. The topological polar surface area (TPSA) is 129 Å². The minimum atomic E-state index is -1.97. The fourth-order valence-corrected chi connectivity index (χ4v) is 3.79. The molecule has 170 valence electrons. The van der Waals surface area contributed by atoms with E-state index in [4.69, 9.17) is 39.2 Å². The second-order valence-electron chi connectivity index (χ2n) is 8.30. The van der Waals surface area contributed by atoms with Gasteiger partial charge in [-0.1, -0.05) is 17.4 Å². The molecule has 4 rings (SSSR count). The molecule has 36 heavy (non-hydrogen) atoms. The van der Waals surface area contributed by atoms with Gasteiger partial charge in [-0.2, -0.15) is 15.0 Å². The summed E-state index contributed by atoms with van der Waals surface area (Å²) in [6.45, 7) is 0. The van der Waals surface area contributed by atoms with Crippen molar-refractivity contribution in [1.82, 2.24) is 30.6 Å². The van der Waals surface area contributed by atoms with Crippen molar-refractivity contribution in [3.05, 3.63) is 41.7 Å². The Labute approximate surface area is 214 Å². The highest BCUT2D eigenvalue weighted by Gasteiger charge is 2.39. The number of aryl methyl sites for hydroxylation is 1. The molecule has 10 radical (unpaired) electrons. The van der Waals surface area contributed by atoms with Gasteiger partial charge in [-0.3, -0.25) is 10.1 Å². The van der Waals surface area contributed by atoms with E-state index in [9.17, 15) is 9.59 Å². The summed E-state index contributed by atoms with van der Waals surface area (Å²) in [4.78, 5) is 31.9. The highest BCUT2D eigenvalue weighted by atomic mass is 16.2. The summed E-state index contributed by atoms with van der Waals surface area (Å²) < 4.78 is 0. The van der Waals surface area contributed by atoms with Gasteiger partial charge in [0.2, 0.25) is 0 Å². The molecule has 0 fully saturated rings. The monoisotopic (exact) mass is 471 g/mol. The third-order valence-electron chi connectivity index (χ3n) is 5.49. The van der Waals surface area contributed by atoms with Gasteiger partial charge in [0.1, 0.15) is 11.5 Å². The minimum absolute atomic E-state index is 0.0474. The third kappa shape index (κ3) is 4.67. The quantitative estimate of drug-likeness (QED) is 0.356. The van der Waals surface area contributed by atoms with Gasteiger partial charge in [0, 0.05) is 44.3 Å². The molecule has 2 aromatic heterocycles. The van der Waals surface area contributed by atoms with Crippen molar-refractivity contribution >= 4 is 74.0 Å². The predicted octanol–water partition coefficient (Wildman–Crippen LogP) is -0.884. The minimum Gasteiger partial charge on any atom is -0.378 e. The highest BCUT2D eigenvalue weighted by molar-refractivity contribution is 6.60. The van der Waals surface area contributed by atoms with Crippen LogP contribution in [0, 0.1) is 0 Å². The molecule has 16 heteroatoms. The van der Waals surface area contributed by atoms with E-state index in [1.807, 2.05) is 6.07 Å². The first kappa shape index (κ1) is 25.3. The molecule has 0 bridgehead atoms. The zero-order valence-corrected chi connectivity index (χ0v) is 19.8. The Hall–Kier alpha value is -3.83. The fraction of sp³-hybridized carbons (Fsp3) is 0.250. The largest absolute Gasteiger partial charge is 0.378 e. The Balaban J connectivity index is 1.83. The van der Waals surface area contributed by atoms with E-state index in [1.54, 1.807) is 31.1 Å². The van der Waals surface area contributed by atoms with Crippen LogP contribution in [0.25, 0.3) is 11.3 Å². The smallest absolute Gasteiger partial charge is 0.320 e. The van der Waals surface area contributed by atoms with Crippen LogP contribution in [0.15, 0.2) is 30.5 Å². The molecule has 3 amide bonds. The molecular formula is C20H18B5N9O2. The zero-order valence-electron chi connectivity index (χ0n) is 19.8. The van der Waals surface area contributed by atoms with Gasteiger partial charge in [0.15, 0.2) is 0 Å². The maximum Gasteiger partial charge on any atom is 0.320 e. The van der Waals surface area contributed by atoms with Crippen molar-refractivity contribution in [3.8, 4) is 11.3 Å². The first-order valence-corrected chi connectivity index (χ1v) is 10.6. The first-order valence-electron chi connectivity index (χ1n) is 10.6. The second kappa shape index (κ2) is 9.00. The summed E-state index contributed by atoms with van der Waals surface area (Å²) in [6, 6.07) is 6.37. The highest BCUT2D eigenvalue weighted by Crippen LogP contribution is 2.47. The van der Waals surface area contributed by atoms with Crippen LogP contribution in [0.4, 0.5) is 27.7 Å². The molecule has 0 spiro atoms. The van der Waals surface area contributed by atoms with Gasteiger partial charge >= 0.3 is 6.03 Å². The number of urea groups is 1. The van der Waals surface area contributed by atoms with Crippen molar-refractivity contribution in [2.24, 2.45) is 7.05 Å². The number of nitrogens with zero attached hydrogens (tertiary/aromatic N) is 5. The number of para-hydroxylation sites is 1. The van der Waals surface area contributed by atoms with E-state index in [0.29, 0.717) is 28.3 Å². The Kier molecular flexibility index (Phi) is 6.31. The van der Waals surface area contributed by atoms with Crippen LogP contribution >= 0.6 is 0 Å². The molecule has 3 heterocycles. The van der Waals surface area contributed by atoms with Crippen LogP contribution in [0.2, 0.25) is 0 Å². The van der Waals surface area contributed by atoms with Crippen LogP contribution in [0.3, 0.4) is 0 Å². The maximum absolute atomic E-state index is 12.9. The number of nitrogens with one attached hydrogen (secondary N) is 4. The van der Waals surface area contributed by atoms with Crippen LogP contribution in [0.5, 0.6) is 0 Å². The van der Waals surface area contributed by atoms with Crippen molar-refractivity contribution < 1.29 is 9.59 Å². The van der Waals surface area contributed by atoms with E-state index in [2.05, 4.69) is 36.4 Å². The van der Waals surface area contributed by atoms with Gasteiger partial charge in [-0.15, -0.1) is 0 Å². The first-order chi connectivity index (χ1) is 16.8. The van der Waals surface area contributed by atoms with E-state index in [1.165, 1.54) is 24.1 Å². The van der Waals surface area contributed by atoms with Crippen molar-refractivity contribution in [2.75, 3.05) is 29.6 Å². The number of benzene rings is 1. The second-order valence-corrected chi connectivity index (χ2v) is 8.30. The molecule has 0 unspecified atom stereocenters. The lowest BCUT2D eigenvalue weighted by molar-refractivity contribution is 0.0953. The van der Waals surface area contributed by atoms with Crippen LogP contribution in [-0.2, 0) is 12.4 Å².